The maximum Gasteiger partial charge on any atom is 0.410 e. The predicted molar refractivity (Wildman–Crippen MR) is 103 cm³/mol. The molecule has 0 bridgehead atoms. The lowest BCUT2D eigenvalue weighted by Gasteiger charge is -2.21. The van der Waals surface area contributed by atoms with E-state index in [2.05, 4.69) is 12.1 Å². The highest BCUT2D eigenvalue weighted by molar-refractivity contribution is 5.79. The fourth-order valence-electron chi connectivity index (χ4n) is 3.39. The summed E-state index contributed by atoms with van der Waals surface area (Å²) < 4.78 is 5.88. The van der Waals surface area contributed by atoms with Gasteiger partial charge in [-0.3, -0.25) is 0 Å². The van der Waals surface area contributed by atoms with E-state index in [1.54, 1.807) is 11.9 Å². The van der Waals surface area contributed by atoms with Crippen molar-refractivity contribution in [1.29, 1.82) is 0 Å². The maximum atomic E-state index is 12.7. The molecule has 2 N–H and O–H groups in total. The van der Waals surface area contributed by atoms with Gasteiger partial charge < -0.3 is 15.4 Å². The van der Waals surface area contributed by atoms with Crippen LogP contribution in [-0.4, -0.2) is 18.0 Å². The average Bonchev–Trinajstić information content (AvgIpc) is 2.98. The fourth-order valence-corrected chi connectivity index (χ4v) is 3.39. The molecule has 130 valence electrons. The van der Waals surface area contributed by atoms with Crippen LogP contribution in [0.1, 0.15) is 22.8 Å². The summed E-state index contributed by atoms with van der Waals surface area (Å²) in [4.78, 5) is 14.2. The second kappa shape index (κ2) is 6.56. The number of carbonyl (C=O) groups excluding carboxylic acids is 1. The third kappa shape index (κ3) is 2.90. The van der Waals surface area contributed by atoms with Crippen molar-refractivity contribution in [2.24, 2.45) is 0 Å². The lowest BCUT2D eigenvalue weighted by Crippen LogP contribution is -2.28. The van der Waals surface area contributed by atoms with Crippen LogP contribution in [0.15, 0.2) is 72.8 Å². The van der Waals surface area contributed by atoms with Gasteiger partial charge in [0.2, 0.25) is 0 Å². The third-order valence-corrected chi connectivity index (χ3v) is 4.71. The van der Waals surface area contributed by atoms with E-state index in [4.69, 9.17) is 10.5 Å². The van der Waals surface area contributed by atoms with Crippen LogP contribution in [0.5, 0.6) is 0 Å². The van der Waals surface area contributed by atoms with Gasteiger partial charge in [0.05, 0.1) is 0 Å². The van der Waals surface area contributed by atoms with Crippen LogP contribution in [-0.2, 0) is 11.3 Å². The number of anilines is 1. The molecule has 26 heavy (non-hydrogen) atoms. The molecule has 4 nitrogen and oxygen atoms in total. The van der Waals surface area contributed by atoms with E-state index in [-0.39, 0.29) is 12.2 Å². The lowest BCUT2D eigenvalue weighted by atomic mass is 10.1. The van der Waals surface area contributed by atoms with Crippen molar-refractivity contribution in [3.05, 3.63) is 89.5 Å². The van der Waals surface area contributed by atoms with Crippen molar-refractivity contribution in [2.75, 3.05) is 12.8 Å². The molecule has 1 aliphatic carbocycles. The smallest absolute Gasteiger partial charge is 0.410 e. The zero-order valence-corrected chi connectivity index (χ0v) is 14.6. The van der Waals surface area contributed by atoms with E-state index in [0.29, 0.717) is 12.2 Å². The minimum absolute atomic E-state index is 0.349. The average molecular weight is 344 g/mol. The van der Waals surface area contributed by atoms with Gasteiger partial charge >= 0.3 is 6.09 Å². The second-order valence-corrected chi connectivity index (χ2v) is 6.54. The predicted octanol–water partition coefficient (Wildman–Crippen LogP) is 4.61. The van der Waals surface area contributed by atoms with Crippen LogP contribution < -0.4 is 5.73 Å². The minimum atomic E-state index is -0.372. The maximum absolute atomic E-state index is 12.7. The molecular formula is C22H20N2O2. The molecule has 0 atom stereocenters. The Kier molecular flexibility index (Phi) is 4.09. The molecule has 0 fully saturated rings. The highest BCUT2D eigenvalue weighted by Crippen LogP contribution is 2.45. The SMILES string of the molecule is CN(Cc1ccc(N)cc1)C(=O)OC1c2ccccc2-c2ccccc21. The summed E-state index contributed by atoms with van der Waals surface area (Å²) in [5.74, 6) is 0. The highest BCUT2D eigenvalue weighted by atomic mass is 16.6. The summed E-state index contributed by atoms with van der Waals surface area (Å²) in [7, 11) is 1.74. The molecule has 4 rings (SSSR count). The molecular weight excluding hydrogens is 324 g/mol. The number of nitrogens with zero attached hydrogens (tertiary/aromatic N) is 1. The van der Waals surface area contributed by atoms with Crippen molar-refractivity contribution < 1.29 is 9.53 Å². The van der Waals surface area contributed by atoms with Gasteiger partial charge in [-0.05, 0) is 28.8 Å². The van der Waals surface area contributed by atoms with Gasteiger partial charge in [0.1, 0.15) is 0 Å². The van der Waals surface area contributed by atoms with E-state index in [9.17, 15) is 4.79 Å². The van der Waals surface area contributed by atoms with Crippen LogP contribution in [0.25, 0.3) is 11.1 Å². The van der Waals surface area contributed by atoms with E-state index < -0.39 is 0 Å². The fraction of sp³-hybridized carbons (Fsp3) is 0.136. The van der Waals surface area contributed by atoms with E-state index in [0.717, 1.165) is 27.8 Å². The van der Waals surface area contributed by atoms with Crippen LogP contribution in [0.4, 0.5) is 10.5 Å². The number of benzene rings is 3. The molecule has 4 heteroatoms. The number of fused-ring (bicyclic) bond motifs is 3. The molecule has 1 amide bonds. The Balaban J connectivity index is 1.55. The van der Waals surface area contributed by atoms with Crippen molar-refractivity contribution in [1.82, 2.24) is 4.90 Å². The second-order valence-electron chi connectivity index (χ2n) is 6.54. The van der Waals surface area contributed by atoms with E-state index in [1.165, 1.54) is 0 Å². The first-order valence-electron chi connectivity index (χ1n) is 8.58. The van der Waals surface area contributed by atoms with E-state index >= 15 is 0 Å². The monoisotopic (exact) mass is 344 g/mol. The first-order chi connectivity index (χ1) is 12.6. The molecule has 0 heterocycles. The summed E-state index contributed by atoms with van der Waals surface area (Å²) in [5.41, 5.74) is 11.7. The van der Waals surface area contributed by atoms with E-state index in [1.807, 2.05) is 60.7 Å². The number of rotatable bonds is 3. The summed E-state index contributed by atoms with van der Waals surface area (Å²) in [6.45, 7) is 0.467. The Labute approximate surface area is 152 Å². The van der Waals surface area contributed by atoms with Gasteiger partial charge in [-0.15, -0.1) is 0 Å². The summed E-state index contributed by atoms with van der Waals surface area (Å²) >= 11 is 0. The molecule has 0 spiro atoms. The first kappa shape index (κ1) is 16.2. The zero-order chi connectivity index (χ0) is 18.1. The molecule has 3 aromatic carbocycles. The van der Waals surface area contributed by atoms with Gasteiger partial charge in [0, 0.05) is 30.4 Å². The minimum Gasteiger partial charge on any atom is -0.436 e. The van der Waals surface area contributed by atoms with Crippen molar-refractivity contribution in [2.45, 2.75) is 12.6 Å². The van der Waals surface area contributed by atoms with Crippen LogP contribution >= 0.6 is 0 Å². The van der Waals surface area contributed by atoms with Gasteiger partial charge in [0.15, 0.2) is 6.10 Å². The van der Waals surface area contributed by atoms with Gasteiger partial charge in [-0.1, -0.05) is 60.7 Å². The molecule has 0 saturated heterocycles. The molecule has 0 saturated carbocycles. The van der Waals surface area contributed by atoms with Crippen LogP contribution in [0, 0.1) is 0 Å². The van der Waals surface area contributed by atoms with Crippen molar-refractivity contribution in [3.8, 4) is 11.1 Å². The Morgan fingerprint density at radius 2 is 1.46 bits per heavy atom. The van der Waals surface area contributed by atoms with Gasteiger partial charge in [-0.2, -0.15) is 0 Å². The number of hydrogen-bond acceptors (Lipinski definition) is 3. The lowest BCUT2D eigenvalue weighted by molar-refractivity contribution is 0.0843. The Bertz CT molecular complexity index is 905. The number of ether oxygens (including phenoxy) is 1. The Morgan fingerprint density at radius 3 is 2.04 bits per heavy atom. The number of carbonyl (C=O) groups is 1. The normalized spacial score (nSPS) is 12.3. The molecule has 0 unspecified atom stereocenters. The Morgan fingerprint density at radius 1 is 0.923 bits per heavy atom. The summed E-state index contributed by atoms with van der Waals surface area (Å²) in [6, 6.07) is 23.6. The summed E-state index contributed by atoms with van der Waals surface area (Å²) in [6.07, 6.45) is -0.720. The Hall–Kier alpha value is -3.27. The molecule has 0 aromatic heterocycles. The standard InChI is InChI=1S/C22H20N2O2/c1-24(14-15-10-12-16(23)13-11-15)22(25)26-21-19-8-4-2-6-17(19)18-7-3-5-9-20(18)21/h2-13,21H,14,23H2,1H3. The number of nitrogen functional groups attached to an aromatic ring is 1. The van der Waals surface area contributed by atoms with Crippen LogP contribution in [0.3, 0.4) is 0 Å². The number of hydrogen-bond donors (Lipinski definition) is 1. The largest absolute Gasteiger partial charge is 0.436 e. The summed E-state index contributed by atoms with van der Waals surface area (Å²) in [5, 5.41) is 0. The van der Waals surface area contributed by atoms with Gasteiger partial charge in [0.25, 0.3) is 0 Å². The van der Waals surface area contributed by atoms with Gasteiger partial charge in [-0.25, -0.2) is 4.79 Å². The number of nitrogens with two attached hydrogens (primary N) is 1. The zero-order valence-electron chi connectivity index (χ0n) is 14.6. The molecule has 3 aromatic rings. The van der Waals surface area contributed by atoms with Crippen LogP contribution in [0.2, 0.25) is 0 Å². The third-order valence-electron chi connectivity index (χ3n) is 4.71. The first-order valence-corrected chi connectivity index (χ1v) is 8.58. The van der Waals surface area contributed by atoms with Crippen molar-refractivity contribution in [3.63, 3.8) is 0 Å². The molecule has 1 aliphatic rings. The quantitative estimate of drug-likeness (QED) is 0.706. The topological polar surface area (TPSA) is 55.6 Å². The highest BCUT2D eigenvalue weighted by Gasteiger charge is 2.31. The number of amides is 1. The molecule has 0 aliphatic heterocycles. The molecule has 0 radical (unpaired) electrons. The van der Waals surface area contributed by atoms with Crippen molar-refractivity contribution >= 4 is 11.8 Å².